The molecule has 1 atom stereocenters. The number of carbonyl (C=O) groups excluding carboxylic acids is 1. The van der Waals surface area contributed by atoms with Crippen molar-refractivity contribution in [3.63, 3.8) is 0 Å². The van der Waals surface area contributed by atoms with Crippen molar-refractivity contribution in [1.82, 2.24) is 5.32 Å². The van der Waals surface area contributed by atoms with Gasteiger partial charge in [-0.3, -0.25) is 4.79 Å². The van der Waals surface area contributed by atoms with E-state index in [9.17, 15) is 4.79 Å². The summed E-state index contributed by atoms with van der Waals surface area (Å²) in [6, 6.07) is 0. The summed E-state index contributed by atoms with van der Waals surface area (Å²) in [4.78, 5) is 10.8. The van der Waals surface area contributed by atoms with Crippen LogP contribution < -0.4 is 5.32 Å². The quantitative estimate of drug-likeness (QED) is 0.625. The SMILES string of the molecule is C[Si](C)(C)O[C@@H]1CNC(=O)C1. The molecule has 1 N–H and O–H groups in total. The Morgan fingerprint density at radius 3 is 2.55 bits per heavy atom. The Kier molecular flexibility index (Phi) is 2.34. The minimum absolute atomic E-state index is 0.119. The second-order valence-electron chi connectivity index (χ2n) is 3.86. The third kappa shape index (κ3) is 3.03. The van der Waals surface area contributed by atoms with Gasteiger partial charge in [0.15, 0.2) is 8.32 Å². The van der Waals surface area contributed by atoms with E-state index in [1.165, 1.54) is 0 Å². The molecule has 3 nitrogen and oxygen atoms in total. The fourth-order valence-corrected chi connectivity index (χ4v) is 2.33. The van der Waals surface area contributed by atoms with Crippen LogP contribution in [0.25, 0.3) is 0 Å². The summed E-state index contributed by atoms with van der Waals surface area (Å²) in [5, 5.41) is 2.75. The van der Waals surface area contributed by atoms with Gasteiger partial charge in [0.2, 0.25) is 5.91 Å². The van der Waals surface area contributed by atoms with Gasteiger partial charge < -0.3 is 9.74 Å². The van der Waals surface area contributed by atoms with Crippen LogP contribution in [0.5, 0.6) is 0 Å². The molecular formula is C7H15NO2Si. The summed E-state index contributed by atoms with van der Waals surface area (Å²) in [7, 11) is -1.44. The summed E-state index contributed by atoms with van der Waals surface area (Å²) in [6.07, 6.45) is 0.679. The van der Waals surface area contributed by atoms with Gasteiger partial charge in [-0.1, -0.05) is 0 Å². The first-order valence-electron chi connectivity index (χ1n) is 3.92. The molecule has 1 aliphatic rings. The summed E-state index contributed by atoms with van der Waals surface area (Å²) >= 11 is 0. The number of nitrogens with one attached hydrogen (secondary N) is 1. The molecular weight excluding hydrogens is 158 g/mol. The molecule has 4 heteroatoms. The number of carbonyl (C=O) groups is 1. The standard InChI is InChI=1S/C7H15NO2Si/c1-11(2,3)10-6-4-7(9)8-5-6/h6H,4-5H2,1-3H3,(H,8,9)/t6-/m0/s1. The van der Waals surface area contributed by atoms with E-state index >= 15 is 0 Å². The molecule has 0 bridgehead atoms. The summed E-state index contributed by atoms with van der Waals surface area (Å²) < 4.78 is 5.72. The minimum Gasteiger partial charge on any atom is -0.412 e. The van der Waals surface area contributed by atoms with E-state index in [4.69, 9.17) is 4.43 Å². The van der Waals surface area contributed by atoms with E-state index in [-0.39, 0.29) is 12.0 Å². The predicted molar refractivity (Wildman–Crippen MR) is 45.8 cm³/mol. The van der Waals surface area contributed by atoms with Crippen molar-refractivity contribution < 1.29 is 9.22 Å². The Morgan fingerprint density at radius 1 is 1.55 bits per heavy atom. The lowest BCUT2D eigenvalue weighted by Gasteiger charge is -2.21. The average Bonchev–Trinajstić information content (AvgIpc) is 2.10. The highest BCUT2D eigenvalue weighted by atomic mass is 28.4. The minimum atomic E-state index is -1.44. The second-order valence-corrected chi connectivity index (χ2v) is 8.32. The fourth-order valence-electron chi connectivity index (χ4n) is 1.16. The molecule has 0 aromatic carbocycles. The number of amides is 1. The molecule has 11 heavy (non-hydrogen) atoms. The molecule has 0 radical (unpaired) electrons. The first-order chi connectivity index (χ1) is 4.97. The van der Waals surface area contributed by atoms with Gasteiger partial charge in [-0.15, -0.1) is 0 Å². The molecule has 64 valence electrons. The van der Waals surface area contributed by atoms with Crippen molar-refractivity contribution in [2.24, 2.45) is 0 Å². The highest BCUT2D eigenvalue weighted by Crippen LogP contribution is 2.12. The lowest BCUT2D eigenvalue weighted by Crippen LogP contribution is -2.33. The van der Waals surface area contributed by atoms with Gasteiger partial charge in [-0.2, -0.15) is 0 Å². The van der Waals surface area contributed by atoms with E-state index in [2.05, 4.69) is 25.0 Å². The molecule has 0 aliphatic carbocycles. The Labute approximate surface area is 68.3 Å². The van der Waals surface area contributed by atoms with Crippen LogP contribution in [-0.4, -0.2) is 26.9 Å². The summed E-state index contributed by atoms with van der Waals surface area (Å²) in [5.41, 5.74) is 0. The first kappa shape index (κ1) is 8.74. The van der Waals surface area contributed by atoms with Gasteiger partial charge in [-0.05, 0) is 19.6 Å². The normalized spacial score (nSPS) is 25.4. The van der Waals surface area contributed by atoms with Crippen LogP contribution in [0.15, 0.2) is 0 Å². The van der Waals surface area contributed by atoms with Crippen LogP contribution in [0.2, 0.25) is 19.6 Å². The van der Waals surface area contributed by atoms with Crippen LogP contribution in [0, 0.1) is 0 Å². The molecule has 1 amide bonds. The molecule has 0 aromatic heterocycles. The smallest absolute Gasteiger partial charge is 0.222 e. The van der Waals surface area contributed by atoms with Crippen molar-refractivity contribution in [2.45, 2.75) is 32.2 Å². The lowest BCUT2D eigenvalue weighted by atomic mass is 10.3. The molecule has 0 spiro atoms. The zero-order chi connectivity index (χ0) is 8.48. The van der Waals surface area contributed by atoms with Crippen LogP contribution in [0.3, 0.4) is 0 Å². The summed E-state index contributed by atoms with van der Waals surface area (Å²) in [5.74, 6) is 0.119. The number of hydrogen-bond donors (Lipinski definition) is 1. The van der Waals surface area contributed by atoms with Crippen LogP contribution >= 0.6 is 0 Å². The Hall–Kier alpha value is -0.353. The molecule has 1 aliphatic heterocycles. The van der Waals surface area contributed by atoms with Crippen LogP contribution in [0.1, 0.15) is 6.42 Å². The van der Waals surface area contributed by atoms with Crippen molar-refractivity contribution in [2.75, 3.05) is 6.54 Å². The van der Waals surface area contributed by atoms with Gasteiger partial charge >= 0.3 is 0 Å². The van der Waals surface area contributed by atoms with E-state index in [1.54, 1.807) is 0 Å². The second kappa shape index (κ2) is 2.95. The van der Waals surface area contributed by atoms with E-state index in [0.29, 0.717) is 13.0 Å². The van der Waals surface area contributed by atoms with Gasteiger partial charge in [0.1, 0.15) is 0 Å². The average molecular weight is 173 g/mol. The molecule has 0 unspecified atom stereocenters. The van der Waals surface area contributed by atoms with Gasteiger partial charge in [0.05, 0.1) is 12.5 Å². The van der Waals surface area contributed by atoms with Gasteiger partial charge in [-0.25, -0.2) is 0 Å². The van der Waals surface area contributed by atoms with Crippen molar-refractivity contribution in [3.8, 4) is 0 Å². The Morgan fingerprint density at radius 2 is 2.18 bits per heavy atom. The number of hydrogen-bond acceptors (Lipinski definition) is 2. The van der Waals surface area contributed by atoms with E-state index < -0.39 is 8.32 Å². The van der Waals surface area contributed by atoms with Crippen LogP contribution in [-0.2, 0) is 9.22 Å². The Bertz CT molecular complexity index is 164. The third-order valence-electron chi connectivity index (χ3n) is 1.46. The number of rotatable bonds is 2. The molecule has 1 heterocycles. The molecule has 1 saturated heterocycles. The Balaban J connectivity index is 2.34. The largest absolute Gasteiger partial charge is 0.412 e. The maximum absolute atomic E-state index is 10.8. The molecule has 0 aromatic rings. The van der Waals surface area contributed by atoms with E-state index in [0.717, 1.165) is 0 Å². The van der Waals surface area contributed by atoms with Crippen molar-refractivity contribution in [3.05, 3.63) is 0 Å². The highest BCUT2D eigenvalue weighted by Gasteiger charge is 2.27. The van der Waals surface area contributed by atoms with Crippen molar-refractivity contribution >= 4 is 14.2 Å². The first-order valence-corrected chi connectivity index (χ1v) is 7.33. The maximum Gasteiger partial charge on any atom is 0.222 e. The molecule has 0 saturated carbocycles. The lowest BCUT2D eigenvalue weighted by molar-refractivity contribution is -0.119. The molecule has 1 rings (SSSR count). The van der Waals surface area contributed by atoms with Gasteiger partial charge in [0, 0.05) is 6.54 Å². The molecule has 1 fully saturated rings. The van der Waals surface area contributed by atoms with Gasteiger partial charge in [0.25, 0.3) is 0 Å². The predicted octanol–water partition coefficient (Wildman–Crippen LogP) is 0.726. The van der Waals surface area contributed by atoms with E-state index in [1.807, 2.05) is 0 Å². The topological polar surface area (TPSA) is 38.3 Å². The van der Waals surface area contributed by atoms with Crippen LogP contribution in [0.4, 0.5) is 0 Å². The monoisotopic (exact) mass is 173 g/mol. The zero-order valence-electron chi connectivity index (χ0n) is 7.31. The summed E-state index contributed by atoms with van der Waals surface area (Å²) in [6.45, 7) is 7.10. The van der Waals surface area contributed by atoms with Crippen molar-refractivity contribution in [1.29, 1.82) is 0 Å². The highest BCUT2D eigenvalue weighted by molar-refractivity contribution is 6.69. The zero-order valence-corrected chi connectivity index (χ0v) is 8.31. The maximum atomic E-state index is 10.8. The fraction of sp³-hybridized carbons (Fsp3) is 0.857. The third-order valence-corrected chi connectivity index (χ3v) is 2.50.